The zero-order valence-corrected chi connectivity index (χ0v) is 16.6. The number of amides is 2. The van der Waals surface area contributed by atoms with Crippen molar-refractivity contribution in [1.29, 1.82) is 0 Å². The van der Waals surface area contributed by atoms with Gasteiger partial charge in [-0.2, -0.15) is 0 Å². The highest BCUT2D eigenvalue weighted by molar-refractivity contribution is 7.18. The first-order chi connectivity index (χ1) is 13.2. The second-order valence-electron chi connectivity index (χ2n) is 5.94. The number of non-ortho nitro benzene ring substituents is 1. The number of nitro benzene ring substituents is 1. The third kappa shape index (κ3) is 4.34. The zero-order valence-electron chi connectivity index (χ0n) is 15.8. The number of esters is 1. The largest absolute Gasteiger partial charge is 0.462 e. The van der Waals surface area contributed by atoms with Gasteiger partial charge in [-0.15, -0.1) is 11.3 Å². The Balaban J connectivity index is 2.46. The summed E-state index contributed by atoms with van der Waals surface area (Å²) in [5.41, 5.74) is 0.312. The predicted molar refractivity (Wildman–Crippen MR) is 104 cm³/mol. The molecule has 1 heterocycles. The van der Waals surface area contributed by atoms with Crippen molar-refractivity contribution in [2.24, 2.45) is 0 Å². The molecule has 1 aromatic heterocycles. The van der Waals surface area contributed by atoms with E-state index in [4.69, 9.17) is 4.74 Å². The molecule has 2 rings (SSSR count). The molecule has 0 unspecified atom stereocenters. The van der Waals surface area contributed by atoms with Gasteiger partial charge in [-0.3, -0.25) is 19.7 Å². The predicted octanol–water partition coefficient (Wildman–Crippen LogP) is 3.10. The maximum Gasteiger partial charge on any atom is 0.341 e. The van der Waals surface area contributed by atoms with E-state index >= 15 is 0 Å². The number of ether oxygens (including phenoxy) is 1. The van der Waals surface area contributed by atoms with Crippen LogP contribution in [0, 0.1) is 17.0 Å². The molecule has 148 valence electrons. The van der Waals surface area contributed by atoms with E-state index in [-0.39, 0.29) is 34.3 Å². The number of anilines is 1. The Morgan fingerprint density at radius 1 is 1.29 bits per heavy atom. The van der Waals surface area contributed by atoms with E-state index in [0.29, 0.717) is 10.4 Å². The smallest absolute Gasteiger partial charge is 0.341 e. The van der Waals surface area contributed by atoms with Gasteiger partial charge in [-0.05, 0) is 25.5 Å². The Bertz CT molecular complexity index is 951. The van der Waals surface area contributed by atoms with E-state index in [0.717, 1.165) is 17.4 Å². The van der Waals surface area contributed by atoms with Gasteiger partial charge < -0.3 is 15.0 Å². The van der Waals surface area contributed by atoms with E-state index in [1.165, 1.54) is 23.1 Å². The van der Waals surface area contributed by atoms with Crippen LogP contribution in [0.25, 0.3) is 0 Å². The van der Waals surface area contributed by atoms with Crippen LogP contribution in [0.1, 0.15) is 42.9 Å². The molecule has 0 saturated carbocycles. The highest BCUT2D eigenvalue weighted by atomic mass is 32.1. The first kappa shape index (κ1) is 21.0. The average Bonchev–Trinajstić information content (AvgIpc) is 2.97. The normalized spacial score (nSPS) is 10.3. The van der Waals surface area contributed by atoms with Crippen molar-refractivity contribution in [2.75, 3.05) is 26.0 Å². The maximum atomic E-state index is 12.6. The number of carbonyl (C=O) groups is 3. The van der Waals surface area contributed by atoms with Crippen LogP contribution in [0.3, 0.4) is 0 Å². The molecule has 9 nitrogen and oxygen atoms in total. The van der Waals surface area contributed by atoms with Crippen molar-refractivity contribution in [2.45, 2.75) is 13.8 Å². The van der Waals surface area contributed by atoms with Gasteiger partial charge in [0.2, 0.25) is 0 Å². The third-order valence-electron chi connectivity index (χ3n) is 3.77. The van der Waals surface area contributed by atoms with E-state index in [1.807, 2.05) is 0 Å². The molecule has 1 N–H and O–H groups in total. The van der Waals surface area contributed by atoms with Crippen LogP contribution in [0.15, 0.2) is 24.3 Å². The molecular weight excluding hydrogens is 386 g/mol. The van der Waals surface area contributed by atoms with Crippen LogP contribution < -0.4 is 5.32 Å². The second-order valence-corrected chi connectivity index (χ2v) is 6.96. The number of thiophene rings is 1. The standard InChI is InChI=1S/C18H19N3O6S/c1-5-27-18(24)13-10(2)14(17(23)20(3)4)28-16(13)19-15(22)11-7-6-8-12(9-11)21(25)26/h6-9H,5H2,1-4H3,(H,19,22). The van der Waals surface area contributed by atoms with E-state index in [9.17, 15) is 24.5 Å². The van der Waals surface area contributed by atoms with Gasteiger partial charge in [0.1, 0.15) is 5.00 Å². The molecule has 0 aliphatic heterocycles. The summed E-state index contributed by atoms with van der Waals surface area (Å²) in [6, 6.07) is 5.20. The van der Waals surface area contributed by atoms with Gasteiger partial charge >= 0.3 is 5.97 Å². The molecule has 0 atom stereocenters. The molecule has 1 aromatic carbocycles. The van der Waals surface area contributed by atoms with Crippen LogP contribution in [0.2, 0.25) is 0 Å². The molecule has 0 saturated heterocycles. The second kappa shape index (κ2) is 8.61. The van der Waals surface area contributed by atoms with Crippen LogP contribution in [0.4, 0.5) is 10.7 Å². The van der Waals surface area contributed by atoms with Crippen LogP contribution in [0.5, 0.6) is 0 Å². The fourth-order valence-electron chi connectivity index (χ4n) is 2.39. The monoisotopic (exact) mass is 405 g/mol. The van der Waals surface area contributed by atoms with Gasteiger partial charge in [0.05, 0.1) is 22.0 Å². The fraction of sp³-hybridized carbons (Fsp3) is 0.278. The van der Waals surface area contributed by atoms with Crippen molar-refractivity contribution < 1.29 is 24.0 Å². The summed E-state index contributed by atoms with van der Waals surface area (Å²) in [6.07, 6.45) is 0. The van der Waals surface area contributed by atoms with Crippen LogP contribution in [-0.2, 0) is 4.74 Å². The Hall–Kier alpha value is -3.27. The lowest BCUT2D eigenvalue weighted by atomic mass is 10.1. The number of benzene rings is 1. The van der Waals surface area contributed by atoms with E-state index < -0.39 is 16.8 Å². The molecule has 0 aliphatic carbocycles. The molecule has 0 aliphatic rings. The molecule has 0 spiro atoms. The average molecular weight is 405 g/mol. The topological polar surface area (TPSA) is 119 Å². The lowest BCUT2D eigenvalue weighted by molar-refractivity contribution is -0.384. The zero-order chi connectivity index (χ0) is 21.0. The third-order valence-corrected chi connectivity index (χ3v) is 4.97. The van der Waals surface area contributed by atoms with Gasteiger partial charge in [0.15, 0.2) is 0 Å². The minimum atomic E-state index is -0.664. The fourth-order valence-corrected chi connectivity index (χ4v) is 3.61. The van der Waals surface area contributed by atoms with Gasteiger partial charge in [0.25, 0.3) is 17.5 Å². The Morgan fingerprint density at radius 2 is 1.96 bits per heavy atom. The molecule has 10 heteroatoms. The first-order valence-corrected chi connectivity index (χ1v) is 9.07. The summed E-state index contributed by atoms with van der Waals surface area (Å²) in [4.78, 5) is 49.3. The first-order valence-electron chi connectivity index (χ1n) is 8.25. The van der Waals surface area contributed by atoms with Crippen molar-refractivity contribution >= 4 is 39.8 Å². The van der Waals surface area contributed by atoms with Gasteiger partial charge in [0, 0.05) is 31.8 Å². The van der Waals surface area contributed by atoms with Crippen molar-refractivity contribution in [1.82, 2.24) is 4.90 Å². The van der Waals surface area contributed by atoms with Crippen molar-refractivity contribution in [3.05, 3.63) is 55.9 Å². The quantitative estimate of drug-likeness (QED) is 0.448. The summed E-state index contributed by atoms with van der Waals surface area (Å²) in [5.74, 6) is -1.62. The molecule has 0 bridgehead atoms. The van der Waals surface area contributed by atoms with E-state index in [1.54, 1.807) is 27.9 Å². The molecule has 28 heavy (non-hydrogen) atoms. The molecule has 0 radical (unpaired) electrons. The number of nitrogens with one attached hydrogen (secondary N) is 1. The Morgan fingerprint density at radius 3 is 2.54 bits per heavy atom. The van der Waals surface area contributed by atoms with Gasteiger partial charge in [-0.1, -0.05) is 6.07 Å². The minimum Gasteiger partial charge on any atom is -0.462 e. The number of nitro groups is 1. The number of rotatable bonds is 6. The maximum absolute atomic E-state index is 12.6. The number of hydrogen-bond donors (Lipinski definition) is 1. The van der Waals surface area contributed by atoms with Crippen LogP contribution >= 0.6 is 11.3 Å². The number of carbonyl (C=O) groups excluding carboxylic acids is 3. The van der Waals surface area contributed by atoms with Crippen molar-refractivity contribution in [3.8, 4) is 0 Å². The molecular formula is C18H19N3O6S. The lowest BCUT2D eigenvalue weighted by Crippen LogP contribution is -2.21. The number of hydrogen-bond acceptors (Lipinski definition) is 7. The summed E-state index contributed by atoms with van der Waals surface area (Å²) < 4.78 is 5.04. The van der Waals surface area contributed by atoms with E-state index in [2.05, 4.69) is 5.32 Å². The molecule has 2 aromatic rings. The summed E-state index contributed by atoms with van der Waals surface area (Å²) in [5, 5.41) is 13.6. The number of nitrogens with zero attached hydrogens (tertiary/aromatic N) is 2. The Kier molecular flexibility index (Phi) is 6.47. The van der Waals surface area contributed by atoms with Gasteiger partial charge in [-0.25, -0.2) is 4.79 Å². The SMILES string of the molecule is CCOC(=O)c1c(NC(=O)c2cccc([N+](=O)[O-])c2)sc(C(=O)N(C)C)c1C. The highest BCUT2D eigenvalue weighted by Crippen LogP contribution is 2.34. The summed E-state index contributed by atoms with van der Waals surface area (Å²) in [6.45, 7) is 3.37. The molecule has 0 fully saturated rings. The lowest BCUT2D eigenvalue weighted by Gasteiger charge is -2.09. The Labute approximate surface area is 165 Å². The minimum absolute atomic E-state index is 0.0514. The molecule has 2 amide bonds. The van der Waals surface area contributed by atoms with Crippen LogP contribution in [-0.4, -0.2) is 48.3 Å². The summed E-state index contributed by atoms with van der Waals surface area (Å²) >= 11 is 0.952. The van der Waals surface area contributed by atoms with Crippen molar-refractivity contribution in [3.63, 3.8) is 0 Å². The summed E-state index contributed by atoms with van der Waals surface area (Å²) in [7, 11) is 3.15. The highest BCUT2D eigenvalue weighted by Gasteiger charge is 2.27.